The summed E-state index contributed by atoms with van der Waals surface area (Å²) in [6.45, 7) is 4.33. The number of carbonyl (C=O) groups excluding carboxylic acids is 3. The number of esters is 1. The van der Waals surface area contributed by atoms with Crippen LogP contribution in [-0.2, 0) is 16.1 Å². The lowest BCUT2D eigenvalue weighted by Gasteiger charge is -2.22. The fourth-order valence-corrected chi connectivity index (χ4v) is 4.41. The molecule has 9 heteroatoms. The summed E-state index contributed by atoms with van der Waals surface area (Å²) in [5.74, 6) is -0.948. The zero-order valence-corrected chi connectivity index (χ0v) is 19.9. The van der Waals surface area contributed by atoms with Gasteiger partial charge in [0.2, 0.25) is 0 Å². The molecule has 7 nitrogen and oxygen atoms in total. The SMILES string of the molecule is CCOC(=O)CCN(Cc1cccnc1)C(=O)c1sc(NC(=O)c2ccccc2Cl)cc1C. The smallest absolute Gasteiger partial charge is 0.307 e. The summed E-state index contributed by atoms with van der Waals surface area (Å²) in [6.07, 6.45) is 3.42. The molecule has 33 heavy (non-hydrogen) atoms. The largest absolute Gasteiger partial charge is 0.466 e. The molecular formula is C24H24ClN3O4S. The molecule has 0 aliphatic carbocycles. The van der Waals surface area contributed by atoms with Gasteiger partial charge >= 0.3 is 5.97 Å². The Morgan fingerprint density at radius 3 is 2.67 bits per heavy atom. The molecular weight excluding hydrogens is 462 g/mol. The van der Waals surface area contributed by atoms with Crippen LogP contribution in [0.2, 0.25) is 5.02 Å². The molecule has 0 atom stereocenters. The van der Waals surface area contributed by atoms with E-state index < -0.39 is 0 Å². The third-order valence-electron chi connectivity index (χ3n) is 4.74. The lowest BCUT2D eigenvalue weighted by molar-refractivity contribution is -0.143. The maximum atomic E-state index is 13.4. The standard InChI is InChI=1S/C24H24ClN3O4S/c1-3-32-21(29)10-12-28(15-17-7-6-11-26-14-17)24(31)22-16(2)13-20(33-22)27-23(30)18-8-4-5-9-19(18)25/h4-9,11,13-14H,3,10,12,15H2,1-2H3,(H,27,30). The van der Waals surface area contributed by atoms with Crippen molar-refractivity contribution in [1.82, 2.24) is 9.88 Å². The number of thiophene rings is 1. The van der Waals surface area contributed by atoms with Crippen LogP contribution in [0.4, 0.5) is 5.00 Å². The molecule has 2 heterocycles. The number of benzene rings is 1. The van der Waals surface area contributed by atoms with E-state index in [4.69, 9.17) is 16.3 Å². The highest BCUT2D eigenvalue weighted by molar-refractivity contribution is 7.18. The quantitative estimate of drug-likeness (QED) is 0.433. The minimum Gasteiger partial charge on any atom is -0.466 e. The van der Waals surface area contributed by atoms with Crippen molar-refractivity contribution in [2.24, 2.45) is 0 Å². The predicted molar refractivity (Wildman–Crippen MR) is 129 cm³/mol. The lowest BCUT2D eigenvalue weighted by Crippen LogP contribution is -2.32. The summed E-state index contributed by atoms with van der Waals surface area (Å²) in [5.41, 5.74) is 1.92. The number of anilines is 1. The Kier molecular flexibility index (Phi) is 8.57. The van der Waals surface area contributed by atoms with E-state index in [1.54, 1.807) is 60.6 Å². The first-order valence-corrected chi connectivity index (χ1v) is 11.6. The van der Waals surface area contributed by atoms with Crippen LogP contribution in [0.5, 0.6) is 0 Å². The Morgan fingerprint density at radius 2 is 1.97 bits per heavy atom. The van der Waals surface area contributed by atoms with E-state index >= 15 is 0 Å². The number of amides is 2. The molecule has 0 bridgehead atoms. The highest BCUT2D eigenvalue weighted by atomic mass is 35.5. The number of aromatic nitrogens is 1. The van der Waals surface area contributed by atoms with Gasteiger partial charge in [-0.05, 0) is 49.2 Å². The van der Waals surface area contributed by atoms with Crippen molar-refractivity contribution in [1.29, 1.82) is 0 Å². The first-order valence-electron chi connectivity index (χ1n) is 10.4. The molecule has 1 aromatic carbocycles. The van der Waals surface area contributed by atoms with Gasteiger partial charge in [-0.2, -0.15) is 0 Å². The van der Waals surface area contributed by atoms with E-state index in [-0.39, 0.29) is 37.4 Å². The second-order valence-electron chi connectivity index (χ2n) is 7.20. The molecule has 2 amide bonds. The van der Waals surface area contributed by atoms with Crippen molar-refractivity contribution in [3.8, 4) is 0 Å². The Labute approximate surface area is 201 Å². The number of ether oxygens (including phenoxy) is 1. The summed E-state index contributed by atoms with van der Waals surface area (Å²) < 4.78 is 5.01. The molecule has 1 N–H and O–H groups in total. The number of halogens is 1. The summed E-state index contributed by atoms with van der Waals surface area (Å²) >= 11 is 7.29. The predicted octanol–water partition coefficient (Wildman–Crippen LogP) is 4.95. The minimum absolute atomic E-state index is 0.0837. The topological polar surface area (TPSA) is 88.6 Å². The fraction of sp³-hybridized carbons (Fsp3) is 0.250. The van der Waals surface area contributed by atoms with E-state index in [2.05, 4.69) is 10.3 Å². The van der Waals surface area contributed by atoms with E-state index in [0.717, 1.165) is 11.1 Å². The van der Waals surface area contributed by atoms with E-state index in [9.17, 15) is 14.4 Å². The Morgan fingerprint density at radius 1 is 1.18 bits per heavy atom. The molecule has 0 fully saturated rings. The Hall–Kier alpha value is -3.23. The highest BCUT2D eigenvalue weighted by Crippen LogP contribution is 2.29. The molecule has 172 valence electrons. The van der Waals surface area contributed by atoms with E-state index in [0.29, 0.717) is 27.0 Å². The van der Waals surface area contributed by atoms with Crippen LogP contribution in [0.3, 0.4) is 0 Å². The highest BCUT2D eigenvalue weighted by Gasteiger charge is 2.23. The van der Waals surface area contributed by atoms with Crippen molar-refractivity contribution < 1.29 is 19.1 Å². The van der Waals surface area contributed by atoms with Crippen LogP contribution >= 0.6 is 22.9 Å². The van der Waals surface area contributed by atoms with Gasteiger partial charge in [0.15, 0.2) is 0 Å². The zero-order chi connectivity index (χ0) is 23.8. The average molecular weight is 486 g/mol. The van der Waals surface area contributed by atoms with Crippen LogP contribution in [0.15, 0.2) is 54.9 Å². The van der Waals surface area contributed by atoms with Crippen molar-refractivity contribution in [2.45, 2.75) is 26.8 Å². The number of aryl methyl sites for hydroxylation is 1. The summed E-state index contributed by atoms with van der Waals surface area (Å²) in [7, 11) is 0. The van der Waals surface area contributed by atoms with Gasteiger partial charge in [0, 0.05) is 25.5 Å². The van der Waals surface area contributed by atoms with Crippen molar-refractivity contribution >= 4 is 45.7 Å². The molecule has 3 rings (SSSR count). The first kappa shape index (κ1) is 24.4. The first-order chi connectivity index (χ1) is 15.9. The van der Waals surface area contributed by atoms with Gasteiger partial charge in [-0.25, -0.2) is 0 Å². The van der Waals surface area contributed by atoms with E-state index in [1.807, 2.05) is 13.0 Å². The van der Waals surface area contributed by atoms with Crippen LogP contribution in [-0.4, -0.2) is 40.8 Å². The van der Waals surface area contributed by atoms with Gasteiger partial charge in [-0.1, -0.05) is 29.8 Å². The normalized spacial score (nSPS) is 10.5. The van der Waals surface area contributed by atoms with Crippen LogP contribution in [0, 0.1) is 6.92 Å². The number of hydrogen-bond acceptors (Lipinski definition) is 6. The van der Waals surface area contributed by atoms with Gasteiger partial charge in [0.25, 0.3) is 11.8 Å². The third-order valence-corrected chi connectivity index (χ3v) is 6.21. The van der Waals surface area contributed by atoms with Crippen molar-refractivity contribution in [3.05, 3.63) is 81.4 Å². The molecule has 3 aromatic rings. The average Bonchev–Trinajstić information content (AvgIpc) is 3.17. The monoisotopic (exact) mass is 485 g/mol. The minimum atomic E-state index is -0.364. The van der Waals surface area contributed by atoms with Gasteiger partial charge in [-0.3, -0.25) is 19.4 Å². The molecule has 0 saturated carbocycles. The zero-order valence-electron chi connectivity index (χ0n) is 18.3. The lowest BCUT2D eigenvalue weighted by atomic mass is 10.2. The number of hydrogen-bond donors (Lipinski definition) is 1. The van der Waals surface area contributed by atoms with Gasteiger partial charge in [0.05, 0.1) is 33.5 Å². The summed E-state index contributed by atoms with van der Waals surface area (Å²) in [6, 6.07) is 12.2. The molecule has 0 unspecified atom stereocenters. The van der Waals surface area contributed by atoms with Gasteiger partial charge in [-0.15, -0.1) is 11.3 Å². The number of pyridine rings is 1. The molecule has 0 spiro atoms. The van der Waals surface area contributed by atoms with Crippen molar-refractivity contribution in [3.63, 3.8) is 0 Å². The maximum absolute atomic E-state index is 13.4. The third kappa shape index (κ3) is 6.63. The van der Waals surface area contributed by atoms with Crippen molar-refractivity contribution in [2.75, 3.05) is 18.5 Å². The number of nitrogens with zero attached hydrogens (tertiary/aromatic N) is 2. The molecule has 2 aromatic heterocycles. The van der Waals surface area contributed by atoms with Gasteiger partial charge in [0.1, 0.15) is 0 Å². The number of rotatable bonds is 9. The molecule has 0 saturated heterocycles. The number of carbonyl (C=O) groups is 3. The fourth-order valence-electron chi connectivity index (χ4n) is 3.15. The Balaban J connectivity index is 1.78. The van der Waals surface area contributed by atoms with Crippen LogP contribution < -0.4 is 5.32 Å². The van der Waals surface area contributed by atoms with Crippen LogP contribution in [0.1, 0.15) is 44.5 Å². The second-order valence-corrected chi connectivity index (χ2v) is 8.66. The maximum Gasteiger partial charge on any atom is 0.307 e. The Bertz CT molecular complexity index is 1130. The second kappa shape index (κ2) is 11.6. The van der Waals surface area contributed by atoms with Gasteiger partial charge < -0.3 is 15.0 Å². The molecule has 0 aliphatic heterocycles. The number of nitrogens with one attached hydrogen (secondary N) is 1. The summed E-state index contributed by atoms with van der Waals surface area (Å²) in [4.78, 5) is 44.0. The van der Waals surface area contributed by atoms with Crippen LogP contribution in [0.25, 0.3) is 0 Å². The molecule has 0 radical (unpaired) electrons. The summed E-state index contributed by atoms with van der Waals surface area (Å²) in [5, 5.41) is 3.69. The van der Waals surface area contributed by atoms with E-state index in [1.165, 1.54) is 11.3 Å². The molecule has 0 aliphatic rings.